The van der Waals surface area contributed by atoms with Crippen molar-refractivity contribution in [2.75, 3.05) is 11.9 Å². The Hall–Kier alpha value is -2.14. The summed E-state index contributed by atoms with van der Waals surface area (Å²) in [5.41, 5.74) is 2.23. The summed E-state index contributed by atoms with van der Waals surface area (Å²) in [5.74, 6) is -0.552. The molecule has 5 heteroatoms. The van der Waals surface area contributed by atoms with Crippen molar-refractivity contribution in [3.63, 3.8) is 0 Å². The van der Waals surface area contributed by atoms with Crippen LogP contribution in [0.5, 0.6) is 0 Å². The molecule has 2 aromatic carbocycles. The van der Waals surface area contributed by atoms with Gasteiger partial charge in [0.25, 0.3) is 5.91 Å². The molecule has 0 radical (unpaired) electrons. The lowest BCUT2D eigenvalue weighted by atomic mass is 9.97. The summed E-state index contributed by atoms with van der Waals surface area (Å²) in [6.45, 7) is 3.88. The Morgan fingerprint density at radius 2 is 1.79 bits per heavy atom. The Labute approximate surface area is 150 Å². The van der Waals surface area contributed by atoms with Crippen LogP contribution in [0.4, 0.5) is 5.69 Å². The predicted octanol–water partition coefficient (Wildman–Crippen LogP) is 4.76. The van der Waals surface area contributed by atoms with Crippen LogP contribution in [-0.2, 0) is 9.53 Å². The molecular formula is C19H20BrNO3. The van der Waals surface area contributed by atoms with Gasteiger partial charge in [-0.25, -0.2) is 4.79 Å². The van der Waals surface area contributed by atoms with Gasteiger partial charge in [0, 0.05) is 10.2 Å². The highest BCUT2D eigenvalue weighted by atomic mass is 79.9. The number of halogens is 1. The van der Waals surface area contributed by atoms with Gasteiger partial charge in [0.05, 0.1) is 5.56 Å². The molecule has 0 heterocycles. The molecule has 1 atom stereocenters. The van der Waals surface area contributed by atoms with Gasteiger partial charge in [0.15, 0.2) is 6.61 Å². The Kier molecular flexibility index (Phi) is 6.55. The smallest absolute Gasteiger partial charge is 0.339 e. The molecule has 4 nitrogen and oxygen atoms in total. The molecule has 1 N–H and O–H groups in total. The molecule has 0 spiro atoms. The van der Waals surface area contributed by atoms with Gasteiger partial charge in [-0.3, -0.25) is 4.79 Å². The van der Waals surface area contributed by atoms with E-state index in [9.17, 15) is 9.59 Å². The zero-order valence-corrected chi connectivity index (χ0v) is 15.3. The third-order valence-corrected chi connectivity index (χ3v) is 4.50. The van der Waals surface area contributed by atoms with Crippen molar-refractivity contribution in [1.29, 1.82) is 0 Å². The van der Waals surface area contributed by atoms with Crippen LogP contribution in [0.2, 0.25) is 0 Å². The van der Waals surface area contributed by atoms with E-state index in [-0.39, 0.29) is 12.5 Å². The molecule has 0 aromatic heterocycles. The number of carbonyl (C=O) groups excluding carboxylic acids is 2. The van der Waals surface area contributed by atoms with Gasteiger partial charge in [-0.05, 0) is 52.0 Å². The van der Waals surface area contributed by atoms with Crippen LogP contribution in [0.15, 0.2) is 53.0 Å². The van der Waals surface area contributed by atoms with Crippen LogP contribution in [0.1, 0.15) is 42.1 Å². The highest BCUT2D eigenvalue weighted by Crippen LogP contribution is 2.26. The second-order valence-electron chi connectivity index (χ2n) is 5.50. The molecule has 0 aliphatic rings. The average molecular weight is 390 g/mol. The fourth-order valence-corrected chi connectivity index (χ4v) is 2.73. The average Bonchev–Trinajstić information content (AvgIpc) is 2.60. The second kappa shape index (κ2) is 8.64. The van der Waals surface area contributed by atoms with Gasteiger partial charge < -0.3 is 10.1 Å². The molecule has 0 aliphatic carbocycles. The van der Waals surface area contributed by atoms with Crippen molar-refractivity contribution in [3.8, 4) is 0 Å². The van der Waals surface area contributed by atoms with Crippen molar-refractivity contribution in [2.24, 2.45) is 0 Å². The molecule has 0 fully saturated rings. The number of para-hydroxylation sites is 1. The number of anilines is 1. The maximum atomic E-state index is 12.1. The van der Waals surface area contributed by atoms with Gasteiger partial charge in [-0.2, -0.15) is 0 Å². The molecule has 126 valence electrons. The normalized spacial score (nSPS) is 11.6. The van der Waals surface area contributed by atoms with E-state index in [4.69, 9.17) is 4.74 Å². The van der Waals surface area contributed by atoms with Crippen molar-refractivity contribution in [3.05, 3.63) is 64.1 Å². The summed E-state index contributed by atoms with van der Waals surface area (Å²) in [6, 6.07) is 14.6. The minimum Gasteiger partial charge on any atom is -0.452 e. The first-order valence-corrected chi connectivity index (χ1v) is 8.62. The number of hydrogen-bond acceptors (Lipinski definition) is 3. The topological polar surface area (TPSA) is 55.4 Å². The van der Waals surface area contributed by atoms with E-state index < -0.39 is 5.97 Å². The number of nitrogens with one attached hydrogen (secondary N) is 1. The van der Waals surface area contributed by atoms with Crippen molar-refractivity contribution in [2.45, 2.75) is 26.2 Å². The minimum atomic E-state index is -0.534. The predicted molar refractivity (Wildman–Crippen MR) is 98.2 cm³/mol. The third-order valence-electron chi connectivity index (χ3n) is 3.81. The van der Waals surface area contributed by atoms with E-state index in [1.807, 2.05) is 24.3 Å². The fourth-order valence-electron chi connectivity index (χ4n) is 2.28. The van der Waals surface area contributed by atoms with E-state index >= 15 is 0 Å². The maximum absolute atomic E-state index is 12.1. The summed E-state index contributed by atoms with van der Waals surface area (Å²) in [7, 11) is 0. The summed E-state index contributed by atoms with van der Waals surface area (Å²) in [5, 5.41) is 2.82. The highest BCUT2D eigenvalue weighted by molar-refractivity contribution is 9.10. The van der Waals surface area contributed by atoms with Crippen LogP contribution in [-0.4, -0.2) is 18.5 Å². The first-order valence-electron chi connectivity index (χ1n) is 7.83. The summed E-state index contributed by atoms with van der Waals surface area (Å²) in [6.07, 6.45) is 0.976. The number of hydrogen-bond donors (Lipinski definition) is 1. The Morgan fingerprint density at radius 1 is 1.12 bits per heavy atom. The van der Waals surface area contributed by atoms with E-state index in [0.717, 1.165) is 17.7 Å². The molecule has 0 bridgehead atoms. The Balaban J connectivity index is 1.97. The van der Waals surface area contributed by atoms with Crippen molar-refractivity contribution < 1.29 is 14.3 Å². The molecule has 1 amide bonds. The van der Waals surface area contributed by atoms with Crippen molar-refractivity contribution in [1.82, 2.24) is 0 Å². The summed E-state index contributed by atoms with van der Waals surface area (Å²) < 4.78 is 5.73. The standard InChI is InChI=1S/C19H20BrNO3/c1-3-13(2)14-8-5-7-11-17(14)21-18(22)12-24-19(23)15-9-4-6-10-16(15)20/h4-11,13H,3,12H2,1-2H3,(H,21,22)/t13-/m1/s1. The molecule has 0 unspecified atom stereocenters. The number of carbonyl (C=O) groups is 2. The van der Waals surface area contributed by atoms with E-state index in [2.05, 4.69) is 35.1 Å². The minimum absolute atomic E-state index is 0.324. The van der Waals surface area contributed by atoms with Crippen LogP contribution < -0.4 is 5.32 Å². The van der Waals surface area contributed by atoms with Gasteiger partial charge in [-0.15, -0.1) is 0 Å². The monoisotopic (exact) mass is 389 g/mol. The molecule has 0 aliphatic heterocycles. The second-order valence-corrected chi connectivity index (χ2v) is 6.36. The molecular weight excluding hydrogens is 370 g/mol. The van der Waals surface area contributed by atoms with Gasteiger partial charge in [0.1, 0.15) is 0 Å². The SMILES string of the molecule is CC[C@@H](C)c1ccccc1NC(=O)COC(=O)c1ccccc1Br. The number of amides is 1. The van der Waals surface area contributed by atoms with Crippen LogP contribution in [0.3, 0.4) is 0 Å². The largest absolute Gasteiger partial charge is 0.452 e. The number of benzene rings is 2. The lowest BCUT2D eigenvalue weighted by molar-refractivity contribution is -0.119. The molecule has 2 rings (SSSR count). The van der Waals surface area contributed by atoms with Crippen molar-refractivity contribution >= 4 is 33.5 Å². The van der Waals surface area contributed by atoms with Crippen LogP contribution in [0, 0.1) is 0 Å². The molecule has 2 aromatic rings. The Morgan fingerprint density at radius 3 is 2.50 bits per heavy atom. The number of esters is 1. The summed E-state index contributed by atoms with van der Waals surface area (Å²) in [4.78, 5) is 24.1. The number of ether oxygens (including phenoxy) is 1. The van der Waals surface area contributed by atoms with Gasteiger partial charge >= 0.3 is 5.97 Å². The van der Waals surface area contributed by atoms with E-state index in [1.165, 1.54) is 0 Å². The lowest BCUT2D eigenvalue weighted by Crippen LogP contribution is -2.22. The van der Waals surface area contributed by atoms with Crippen LogP contribution in [0.25, 0.3) is 0 Å². The fraction of sp³-hybridized carbons (Fsp3) is 0.263. The molecule has 24 heavy (non-hydrogen) atoms. The summed E-state index contributed by atoms with van der Waals surface area (Å²) >= 11 is 3.29. The first kappa shape index (κ1) is 18.2. The highest BCUT2D eigenvalue weighted by Gasteiger charge is 2.15. The van der Waals surface area contributed by atoms with Gasteiger partial charge in [0.2, 0.25) is 0 Å². The zero-order chi connectivity index (χ0) is 17.5. The molecule has 0 saturated carbocycles. The van der Waals surface area contributed by atoms with Gasteiger partial charge in [-0.1, -0.05) is 44.2 Å². The molecule has 0 saturated heterocycles. The van der Waals surface area contributed by atoms with E-state index in [0.29, 0.717) is 16.0 Å². The first-order chi connectivity index (χ1) is 11.5. The third kappa shape index (κ3) is 4.68. The zero-order valence-electron chi connectivity index (χ0n) is 13.7. The van der Waals surface area contributed by atoms with E-state index in [1.54, 1.807) is 24.3 Å². The quantitative estimate of drug-likeness (QED) is 0.724. The number of rotatable bonds is 6. The maximum Gasteiger partial charge on any atom is 0.339 e. The van der Waals surface area contributed by atoms with Crippen LogP contribution >= 0.6 is 15.9 Å². The Bertz CT molecular complexity index is 730. The lowest BCUT2D eigenvalue weighted by Gasteiger charge is -2.15.